The molecule has 0 bridgehead atoms. The van der Waals surface area contributed by atoms with Gasteiger partial charge in [-0.3, -0.25) is 4.99 Å². The number of fused-ring (bicyclic) bond motifs is 1. The molecule has 10 heavy (non-hydrogen) atoms. The second-order valence-corrected chi connectivity index (χ2v) is 3.77. The van der Waals surface area contributed by atoms with Crippen LogP contribution in [-0.2, 0) is 0 Å². The van der Waals surface area contributed by atoms with Crippen LogP contribution >= 0.6 is 11.8 Å². The second kappa shape index (κ2) is 2.27. The van der Waals surface area contributed by atoms with Crippen LogP contribution in [0.2, 0.25) is 0 Å². The van der Waals surface area contributed by atoms with Crippen LogP contribution in [0.3, 0.4) is 0 Å². The van der Waals surface area contributed by atoms with Gasteiger partial charge in [-0.1, -0.05) is 30.0 Å². The maximum Gasteiger partial charge on any atom is 0.0855 e. The Morgan fingerprint density at radius 1 is 1.70 bits per heavy atom. The quantitative estimate of drug-likeness (QED) is 0.517. The van der Waals surface area contributed by atoms with Crippen LogP contribution in [0.4, 0.5) is 0 Å². The molecule has 1 aliphatic heterocycles. The normalized spacial score (nSPS) is 29.5. The van der Waals surface area contributed by atoms with E-state index in [1.807, 2.05) is 11.8 Å². The van der Waals surface area contributed by atoms with E-state index >= 15 is 0 Å². The summed E-state index contributed by atoms with van der Waals surface area (Å²) in [6, 6.07) is 0.468. The minimum atomic E-state index is 0.468. The molecule has 0 spiro atoms. The molecule has 0 saturated heterocycles. The molecule has 1 heterocycles. The van der Waals surface area contributed by atoms with Gasteiger partial charge in [-0.15, -0.1) is 0 Å². The highest BCUT2D eigenvalue weighted by Gasteiger charge is 2.21. The molecule has 1 nitrogen and oxygen atoms in total. The Labute approximate surface area is 64.9 Å². The van der Waals surface area contributed by atoms with Gasteiger partial charge in [0.05, 0.1) is 11.1 Å². The standard InChI is InChI=1S/C8H9NS/c1-6-9-7-4-2-3-5-8(7)10-6/h2-3,5,7H,4H2,1H3/t7-/m1/s1. The Morgan fingerprint density at radius 3 is 3.40 bits per heavy atom. The van der Waals surface area contributed by atoms with Crippen LogP contribution in [0.1, 0.15) is 13.3 Å². The Morgan fingerprint density at radius 2 is 2.60 bits per heavy atom. The number of allylic oxidation sites excluding steroid dienone is 2. The van der Waals surface area contributed by atoms with Gasteiger partial charge in [-0.25, -0.2) is 0 Å². The van der Waals surface area contributed by atoms with Gasteiger partial charge in [0, 0.05) is 4.91 Å². The molecule has 1 atom stereocenters. The van der Waals surface area contributed by atoms with Crippen molar-refractivity contribution in [2.75, 3.05) is 0 Å². The number of nitrogens with zero attached hydrogens (tertiary/aromatic N) is 1. The van der Waals surface area contributed by atoms with E-state index in [0.717, 1.165) is 6.42 Å². The molecule has 0 aromatic carbocycles. The first kappa shape index (κ1) is 6.23. The van der Waals surface area contributed by atoms with E-state index in [9.17, 15) is 0 Å². The monoisotopic (exact) mass is 151 g/mol. The largest absolute Gasteiger partial charge is 0.274 e. The van der Waals surface area contributed by atoms with Crippen molar-refractivity contribution in [2.24, 2.45) is 4.99 Å². The van der Waals surface area contributed by atoms with Gasteiger partial charge in [0.25, 0.3) is 0 Å². The zero-order valence-corrected chi connectivity index (χ0v) is 6.69. The molecule has 0 saturated carbocycles. The molecular formula is C8H9NS. The van der Waals surface area contributed by atoms with Gasteiger partial charge >= 0.3 is 0 Å². The van der Waals surface area contributed by atoms with Gasteiger partial charge in [-0.2, -0.15) is 0 Å². The molecule has 0 amide bonds. The molecule has 0 aromatic rings. The van der Waals surface area contributed by atoms with Crippen LogP contribution in [0.15, 0.2) is 28.1 Å². The van der Waals surface area contributed by atoms with Gasteiger partial charge < -0.3 is 0 Å². The lowest BCUT2D eigenvalue weighted by molar-refractivity contribution is 0.825. The van der Waals surface area contributed by atoms with Crippen molar-refractivity contribution in [1.82, 2.24) is 0 Å². The first-order chi connectivity index (χ1) is 4.86. The number of thioether (sulfide) groups is 1. The van der Waals surface area contributed by atoms with Gasteiger partial charge in [0.1, 0.15) is 0 Å². The third kappa shape index (κ3) is 0.926. The molecule has 2 aliphatic rings. The van der Waals surface area contributed by atoms with Gasteiger partial charge in [-0.05, 0) is 13.3 Å². The summed E-state index contributed by atoms with van der Waals surface area (Å²) in [5.74, 6) is 0. The molecular weight excluding hydrogens is 142 g/mol. The SMILES string of the molecule is CC1=N[C@@H]2CC=CC=C2S1. The predicted molar refractivity (Wildman–Crippen MR) is 46.3 cm³/mol. The van der Waals surface area contributed by atoms with E-state index in [0.29, 0.717) is 6.04 Å². The van der Waals surface area contributed by atoms with Crippen LogP contribution < -0.4 is 0 Å². The molecule has 0 aromatic heterocycles. The summed E-state index contributed by atoms with van der Waals surface area (Å²) in [5, 5.41) is 1.21. The topological polar surface area (TPSA) is 12.4 Å². The van der Waals surface area contributed by atoms with Gasteiger partial charge in [0.2, 0.25) is 0 Å². The van der Waals surface area contributed by atoms with Crippen LogP contribution in [0, 0.1) is 0 Å². The minimum absolute atomic E-state index is 0.468. The molecule has 0 N–H and O–H groups in total. The second-order valence-electron chi connectivity index (χ2n) is 2.50. The van der Waals surface area contributed by atoms with Crippen molar-refractivity contribution >= 4 is 16.8 Å². The maximum atomic E-state index is 4.47. The molecule has 52 valence electrons. The van der Waals surface area contributed by atoms with Crippen molar-refractivity contribution in [3.05, 3.63) is 23.1 Å². The summed E-state index contributed by atoms with van der Waals surface area (Å²) < 4.78 is 0. The highest BCUT2D eigenvalue weighted by molar-refractivity contribution is 8.17. The molecule has 2 rings (SSSR count). The first-order valence-corrected chi connectivity index (χ1v) is 4.27. The van der Waals surface area contributed by atoms with E-state index in [1.165, 1.54) is 9.95 Å². The molecule has 0 unspecified atom stereocenters. The van der Waals surface area contributed by atoms with Crippen molar-refractivity contribution in [1.29, 1.82) is 0 Å². The van der Waals surface area contributed by atoms with Crippen LogP contribution in [0.25, 0.3) is 0 Å². The van der Waals surface area contributed by atoms with Crippen molar-refractivity contribution < 1.29 is 0 Å². The van der Waals surface area contributed by atoms with E-state index in [4.69, 9.17) is 0 Å². The maximum absolute atomic E-state index is 4.47. The molecule has 1 aliphatic carbocycles. The summed E-state index contributed by atoms with van der Waals surface area (Å²) >= 11 is 1.81. The van der Waals surface area contributed by atoms with Crippen molar-refractivity contribution in [2.45, 2.75) is 19.4 Å². The van der Waals surface area contributed by atoms with E-state index < -0.39 is 0 Å². The Kier molecular flexibility index (Phi) is 1.42. The Bertz CT molecular complexity index is 238. The predicted octanol–water partition coefficient (Wildman–Crippen LogP) is 2.36. The first-order valence-electron chi connectivity index (χ1n) is 3.45. The third-order valence-corrected chi connectivity index (χ3v) is 2.73. The van der Waals surface area contributed by atoms with Crippen molar-refractivity contribution in [3.8, 4) is 0 Å². The number of aliphatic imine (C=N–C) groups is 1. The fourth-order valence-corrected chi connectivity index (χ4v) is 2.18. The lowest BCUT2D eigenvalue weighted by Crippen LogP contribution is -2.01. The average molecular weight is 151 g/mol. The number of rotatable bonds is 0. The highest BCUT2D eigenvalue weighted by atomic mass is 32.2. The summed E-state index contributed by atoms with van der Waals surface area (Å²) in [4.78, 5) is 5.89. The van der Waals surface area contributed by atoms with E-state index in [2.05, 4.69) is 30.1 Å². The summed E-state index contributed by atoms with van der Waals surface area (Å²) in [7, 11) is 0. The fraction of sp³-hybridized carbons (Fsp3) is 0.375. The average Bonchev–Trinajstić information content (AvgIpc) is 2.27. The minimum Gasteiger partial charge on any atom is -0.274 e. The van der Waals surface area contributed by atoms with E-state index in [1.54, 1.807) is 0 Å². The Balaban J connectivity index is 2.28. The number of hydrogen-bond acceptors (Lipinski definition) is 2. The molecule has 2 heteroatoms. The summed E-state index contributed by atoms with van der Waals surface area (Å²) in [5.41, 5.74) is 0. The highest BCUT2D eigenvalue weighted by Crippen LogP contribution is 2.34. The van der Waals surface area contributed by atoms with Crippen LogP contribution in [0.5, 0.6) is 0 Å². The smallest absolute Gasteiger partial charge is 0.0855 e. The summed E-state index contributed by atoms with van der Waals surface area (Å²) in [6.45, 7) is 2.07. The van der Waals surface area contributed by atoms with Gasteiger partial charge in [0.15, 0.2) is 0 Å². The Hall–Kier alpha value is -0.500. The summed E-state index contributed by atoms with van der Waals surface area (Å²) in [6.07, 6.45) is 7.55. The van der Waals surface area contributed by atoms with Crippen molar-refractivity contribution in [3.63, 3.8) is 0 Å². The van der Waals surface area contributed by atoms with Crippen LogP contribution in [-0.4, -0.2) is 11.1 Å². The lowest BCUT2D eigenvalue weighted by atomic mass is 10.1. The molecule has 0 fully saturated rings. The zero-order chi connectivity index (χ0) is 6.97. The lowest BCUT2D eigenvalue weighted by Gasteiger charge is -2.07. The fourth-order valence-electron chi connectivity index (χ4n) is 1.23. The zero-order valence-electron chi connectivity index (χ0n) is 5.87. The molecule has 0 radical (unpaired) electrons. The third-order valence-electron chi connectivity index (χ3n) is 1.69. The number of hydrogen-bond donors (Lipinski definition) is 0. The van der Waals surface area contributed by atoms with E-state index in [-0.39, 0.29) is 0 Å².